The van der Waals surface area contributed by atoms with E-state index in [2.05, 4.69) is 42.0 Å². The van der Waals surface area contributed by atoms with Crippen LogP contribution in [0.25, 0.3) is 4.85 Å². The summed E-state index contributed by atoms with van der Waals surface area (Å²) in [4.78, 5) is 24.7. The standard InChI is InChI=1S/C29H47N4O4/c1-6-22-17-32-28(13-27(22)37-8-3)33(25-9-10-25)29(35)24-12-23(15-31-16-24)26(34)18-30-14-21(11-20(4)5)19-36-7-2/h13,17,20-21,23-26,31,34H,6-12,15-16,18-19H2,1-5H3/q+1/t21-,23-,24+,26?/m0/s1. The van der Waals surface area contributed by atoms with Crippen LogP contribution < -0.4 is 15.0 Å². The molecule has 1 aliphatic carbocycles. The second-order valence-electron chi connectivity index (χ2n) is 10.8. The Morgan fingerprint density at radius 1 is 1.27 bits per heavy atom. The predicted octanol–water partition coefficient (Wildman–Crippen LogP) is 4.16. The first-order valence-corrected chi connectivity index (χ1v) is 14.2. The van der Waals surface area contributed by atoms with Crippen LogP contribution in [0.2, 0.25) is 0 Å². The van der Waals surface area contributed by atoms with Gasteiger partial charge in [0.15, 0.2) is 0 Å². The highest BCUT2D eigenvalue weighted by Crippen LogP contribution is 2.35. The van der Waals surface area contributed by atoms with E-state index in [1.165, 1.54) is 0 Å². The molecule has 2 aliphatic rings. The van der Waals surface area contributed by atoms with Gasteiger partial charge >= 0.3 is 0 Å². The van der Waals surface area contributed by atoms with Gasteiger partial charge in [0.05, 0.1) is 19.1 Å². The number of aromatic nitrogens is 1. The van der Waals surface area contributed by atoms with Crippen molar-refractivity contribution in [3.63, 3.8) is 0 Å². The van der Waals surface area contributed by atoms with E-state index in [4.69, 9.17) is 9.47 Å². The molecule has 2 fully saturated rings. The van der Waals surface area contributed by atoms with Crippen LogP contribution in [0.5, 0.6) is 5.75 Å². The molecule has 0 bridgehead atoms. The van der Waals surface area contributed by atoms with Crippen LogP contribution in [0.1, 0.15) is 65.9 Å². The zero-order valence-electron chi connectivity index (χ0n) is 23.4. The Morgan fingerprint density at radius 3 is 2.70 bits per heavy atom. The van der Waals surface area contributed by atoms with Crippen molar-refractivity contribution < 1.29 is 19.4 Å². The zero-order valence-corrected chi connectivity index (χ0v) is 23.4. The number of aliphatic hydroxyl groups is 1. The molecule has 2 heterocycles. The summed E-state index contributed by atoms with van der Waals surface area (Å²) in [5.41, 5.74) is 1.05. The van der Waals surface area contributed by atoms with Crippen molar-refractivity contribution in [2.75, 3.05) is 44.4 Å². The maximum atomic E-state index is 13.8. The number of piperidine rings is 1. The Labute approximate surface area is 222 Å². The van der Waals surface area contributed by atoms with Gasteiger partial charge in [-0.15, -0.1) is 0 Å². The summed E-state index contributed by atoms with van der Waals surface area (Å²) in [6, 6.07) is 5.31. The quantitative estimate of drug-likeness (QED) is 0.410. The Balaban J connectivity index is 1.65. The molecule has 1 saturated heterocycles. The number of nitrogens with one attached hydrogen (secondary N) is 1. The molecule has 4 atom stereocenters. The molecule has 3 rings (SSSR count). The lowest BCUT2D eigenvalue weighted by atomic mass is 9.86. The maximum Gasteiger partial charge on any atom is 0.289 e. The third kappa shape index (κ3) is 8.66. The minimum absolute atomic E-state index is 0.0424. The van der Waals surface area contributed by atoms with Crippen LogP contribution in [0.15, 0.2) is 12.3 Å². The van der Waals surface area contributed by atoms with E-state index in [0.29, 0.717) is 51.1 Å². The lowest BCUT2D eigenvalue weighted by molar-refractivity contribution is -0.123. The Kier molecular flexibility index (Phi) is 11.6. The number of pyridine rings is 1. The van der Waals surface area contributed by atoms with Crippen molar-refractivity contribution >= 4 is 11.7 Å². The van der Waals surface area contributed by atoms with Crippen molar-refractivity contribution in [3.8, 4) is 11.8 Å². The molecule has 1 amide bonds. The fourth-order valence-electron chi connectivity index (χ4n) is 5.02. The van der Waals surface area contributed by atoms with Crippen molar-refractivity contribution in [1.29, 1.82) is 0 Å². The van der Waals surface area contributed by atoms with E-state index >= 15 is 0 Å². The summed E-state index contributed by atoms with van der Waals surface area (Å²) in [5.74, 6) is 1.95. The monoisotopic (exact) mass is 515 g/mol. The molecular weight excluding hydrogens is 468 g/mol. The first-order valence-electron chi connectivity index (χ1n) is 14.2. The second-order valence-corrected chi connectivity index (χ2v) is 10.8. The molecule has 8 nitrogen and oxygen atoms in total. The van der Waals surface area contributed by atoms with Gasteiger partial charge in [-0.05, 0) is 51.9 Å². The van der Waals surface area contributed by atoms with Gasteiger partial charge in [-0.1, -0.05) is 25.6 Å². The number of amides is 1. The summed E-state index contributed by atoms with van der Waals surface area (Å²) >= 11 is 0. The number of anilines is 1. The summed E-state index contributed by atoms with van der Waals surface area (Å²) in [6.45, 7) is 13.8. The third-order valence-corrected chi connectivity index (χ3v) is 7.12. The average Bonchev–Trinajstić information content (AvgIpc) is 3.72. The molecule has 37 heavy (non-hydrogen) atoms. The summed E-state index contributed by atoms with van der Waals surface area (Å²) < 4.78 is 11.4. The topological polar surface area (TPSA) is 88.3 Å². The normalized spacial score (nSPS) is 21.2. The largest absolute Gasteiger partial charge is 0.493 e. The maximum absolute atomic E-state index is 13.8. The van der Waals surface area contributed by atoms with E-state index in [0.717, 1.165) is 37.0 Å². The van der Waals surface area contributed by atoms with Crippen molar-refractivity contribution in [2.45, 2.75) is 78.9 Å². The van der Waals surface area contributed by atoms with Gasteiger partial charge in [-0.2, -0.15) is 0 Å². The highest BCUT2D eigenvalue weighted by Gasteiger charge is 2.41. The van der Waals surface area contributed by atoms with Gasteiger partial charge in [0.1, 0.15) is 23.6 Å². The van der Waals surface area contributed by atoms with Crippen LogP contribution in [0.3, 0.4) is 0 Å². The minimum Gasteiger partial charge on any atom is -0.493 e. The number of hydrogen-bond donors (Lipinski definition) is 2. The lowest BCUT2D eigenvalue weighted by Crippen LogP contribution is -2.49. The molecule has 0 radical (unpaired) electrons. The molecular formula is C29H47N4O4+. The van der Waals surface area contributed by atoms with Gasteiger partial charge in [0.2, 0.25) is 5.91 Å². The fraction of sp³-hybridized carbons (Fsp3) is 0.759. The lowest BCUT2D eigenvalue weighted by Gasteiger charge is -2.33. The Morgan fingerprint density at radius 2 is 2.05 bits per heavy atom. The Bertz CT molecular complexity index is 924. The predicted molar refractivity (Wildman–Crippen MR) is 147 cm³/mol. The molecule has 2 N–H and O–H groups in total. The highest BCUT2D eigenvalue weighted by atomic mass is 16.5. The number of ether oxygens (including phenoxy) is 2. The first-order chi connectivity index (χ1) is 17.9. The molecule has 1 aromatic rings. The van der Waals surface area contributed by atoms with Crippen molar-refractivity contribution in [1.82, 2.24) is 10.3 Å². The zero-order chi connectivity index (χ0) is 26.8. The molecule has 206 valence electrons. The Hall–Kier alpha value is -2.21. The first kappa shape index (κ1) is 29.3. The van der Waals surface area contributed by atoms with Crippen molar-refractivity contribution in [2.24, 2.45) is 23.7 Å². The van der Waals surface area contributed by atoms with Crippen LogP contribution in [-0.4, -0.2) is 67.6 Å². The molecule has 0 spiro atoms. The van der Waals surface area contributed by atoms with E-state index < -0.39 is 6.10 Å². The second kappa shape index (κ2) is 14.7. The molecule has 0 aromatic carbocycles. The molecule has 1 unspecified atom stereocenters. The highest BCUT2D eigenvalue weighted by molar-refractivity contribution is 5.95. The van der Waals surface area contributed by atoms with Crippen LogP contribution in [-0.2, 0) is 16.0 Å². The molecule has 1 saturated carbocycles. The van der Waals surface area contributed by atoms with E-state index in [1.54, 1.807) is 0 Å². The smallest absolute Gasteiger partial charge is 0.289 e. The number of hydrogen-bond acceptors (Lipinski definition) is 6. The fourth-order valence-corrected chi connectivity index (χ4v) is 5.02. The van der Waals surface area contributed by atoms with Gasteiger partial charge < -0.3 is 19.9 Å². The van der Waals surface area contributed by atoms with E-state index in [1.807, 2.05) is 31.0 Å². The van der Waals surface area contributed by atoms with Gasteiger partial charge in [-0.3, -0.25) is 9.69 Å². The summed E-state index contributed by atoms with van der Waals surface area (Å²) in [7, 11) is 0. The summed E-state index contributed by atoms with van der Waals surface area (Å²) in [5, 5.41) is 14.3. The van der Waals surface area contributed by atoms with Gasteiger partial charge in [0.25, 0.3) is 12.6 Å². The number of aliphatic hydroxyl groups excluding tert-OH is 1. The van der Waals surface area contributed by atoms with Crippen molar-refractivity contribution in [3.05, 3.63) is 22.7 Å². The molecule has 1 aromatic heterocycles. The average molecular weight is 516 g/mol. The van der Waals surface area contributed by atoms with E-state index in [-0.39, 0.29) is 36.2 Å². The number of nitrogens with zero attached hydrogens (tertiary/aromatic N) is 3. The molecule has 1 aliphatic heterocycles. The number of rotatable bonds is 13. The minimum atomic E-state index is -0.622. The van der Waals surface area contributed by atoms with Crippen LogP contribution in [0.4, 0.5) is 5.82 Å². The number of aryl methyl sites for hydroxylation is 1. The number of carbonyl (C=O) groups is 1. The SMILES string of the molecule is CCOC[C@H](C#[N+]CC(O)[C@@H]1CNC[C@H](C(=O)N(c2cc(OCC)c(CC)cn2)C2CC2)C1)CC(C)C. The van der Waals surface area contributed by atoms with Crippen LogP contribution in [0, 0.1) is 29.7 Å². The van der Waals surface area contributed by atoms with Gasteiger partial charge in [-0.25, -0.2) is 4.98 Å². The third-order valence-electron chi connectivity index (χ3n) is 7.12. The van der Waals surface area contributed by atoms with Gasteiger partial charge in [0, 0.05) is 49.5 Å². The summed E-state index contributed by atoms with van der Waals surface area (Å²) in [6.07, 6.45) is 5.61. The van der Waals surface area contributed by atoms with Crippen LogP contribution >= 0.6 is 0 Å². The van der Waals surface area contributed by atoms with E-state index in [9.17, 15) is 9.90 Å². The molecule has 8 heteroatoms. The number of carbonyl (C=O) groups excluding carboxylic acids is 1.